The number of aromatic amines is 1. The number of ether oxygens (including phenoxy) is 1. The third-order valence-electron chi connectivity index (χ3n) is 3.62. The lowest BCUT2D eigenvalue weighted by Crippen LogP contribution is -2.31. The smallest absolute Gasteiger partial charge is 0.263 e. The Morgan fingerprint density at radius 1 is 1.08 bits per heavy atom. The molecule has 1 amide bonds. The topological polar surface area (TPSA) is 75.3 Å². The molecule has 2 aromatic carbocycles. The first-order valence-corrected chi connectivity index (χ1v) is 7.73. The number of aromatic nitrogens is 2. The zero-order valence-corrected chi connectivity index (χ0v) is 13.7. The Morgan fingerprint density at radius 3 is 2.44 bits per heavy atom. The predicted molar refractivity (Wildman–Crippen MR) is 93.6 cm³/mol. The Morgan fingerprint density at radius 2 is 1.76 bits per heavy atom. The fraction of sp³-hybridized carbons (Fsp3) is 0.105. The molecule has 1 N–H and O–H groups in total. The normalized spacial score (nSPS) is 10.3. The third kappa shape index (κ3) is 4.11. The quantitative estimate of drug-likeness (QED) is 0.778. The van der Waals surface area contributed by atoms with Crippen molar-refractivity contribution >= 4 is 5.91 Å². The maximum Gasteiger partial charge on any atom is 0.263 e. The summed E-state index contributed by atoms with van der Waals surface area (Å²) in [6, 6.07) is 17.0. The number of carbonyl (C=O) groups is 1. The first kappa shape index (κ1) is 16.4. The minimum atomic E-state index is -0.446. The van der Waals surface area contributed by atoms with Crippen LogP contribution >= 0.6 is 0 Å². The number of hydrogen-bond acceptors (Lipinski definition) is 4. The first-order valence-electron chi connectivity index (χ1n) is 7.73. The van der Waals surface area contributed by atoms with E-state index < -0.39 is 5.56 Å². The Bertz CT molecular complexity index is 905. The molecule has 25 heavy (non-hydrogen) atoms. The van der Waals surface area contributed by atoms with Crippen molar-refractivity contribution in [1.82, 2.24) is 14.9 Å². The van der Waals surface area contributed by atoms with Gasteiger partial charge in [0.25, 0.3) is 11.5 Å². The molecular weight excluding hydrogens is 318 g/mol. The third-order valence-corrected chi connectivity index (χ3v) is 3.62. The van der Waals surface area contributed by atoms with Crippen molar-refractivity contribution in [1.29, 1.82) is 0 Å². The highest BCUT2D eigenvalue weighted by Gasteiger charge is 2.15. The molecule has 3 aromatic rings. The largest absolute Gasteiger partial charge is 0.457 e. The lowest BCUT2D eigenvalue weighted by Gasteiger charge is -2.17. The van der Waals surface area contributed by atoms with E-state index >= 15 is 0 Å². The second-order valence-electron chi connectivity index (χ2n) is 5.51. The van der Waals surface area contributed by atoms with Gasteiger partial charge in [0.1, 0.15) is 17.1 Å². The minimum Gasteiger partial charge on any atom is -0.457 e. The summed E-state index contributed by atoms with van der Waals surface area (Å²) in [5.41, 5.74) is 0.504. The van der Waals surface area contributed by atoms with Crippen LogP contribution in [-0.4, -0.2) is 27.8 Å². The molecule has 6 heteroatoms. The van der Waals surface area contributed by atoms with E-state index in [2.05, 4.69) is 9.97 Å². The molecule has 1 aromatic heterocycles. The zero-order chi connectivity index (χ0) is 17.6. The number of benzene rings is 2. The van der Waals surface area contributed by atoms with Crippen LogP contribution in [0.15, 0.2) is 71.9 Å². The summed E-state index contributed by atoms with van der Waals surface area (Å²) in [6.07, 6.45) is 2.53. The highest BCUT2D eigenvalue weighted by molar-refractivity contribution is 5.93. The Kier molecular flexibility index (Phi) is 4.89. The van der Waals surface area contributed by atoms with Crippen LogP contribution in [0, 0.1) is 0 Å². The van der Waals surface area contributed by atoms with Crippen LogP contribution < -0.4 is 10.3 Å². The number of nitrogens with one attached hydrogen (secondary N) is 1. The van der Waals surface area contributed by atoms with Crippen LogP contribution in [0.4, 0.5) is 0 Å². The van der Waals surface area contributed by atoms with Gasteiger partial charge in [-0.25, -0.2) is 4.98 Å². The van der Waals surface area contributed by atoms with Crippen molar-refractivity contribution in [3.63, 3.8) is 0 Å². The number of carbonyl (C=O) groups excluding carboxylic acids is 1. The maximum absolute atomic E-state index is 12.3. The SMILES string of the molecule is CN(Cc1ccc(Oc2ccccc2)cc1)C(=O)c1cnc[nH]c1=O. The highest BCUT2D eigenvalue weighted by Crippen LogP contribution is 2.21. The van der Waals surface area contributed by atoms with Crippen LogP contribution in [0.25, 0.3) is 0 Å². The molecule has 0 fully saturated rings. The van der Waals surface area contributed by atoms with Gasteiger partial charge in [0.2, 0.25) is 0 Å². The highest BCUT2D eigenvalue weighted by atomic mass is 16.5. The molecule has 126 valence electrons. The number of H-pyrrole nitrogens is 1. The van der Waals surface area contributed by atoms with Crippen LogP contribution in [0.3, 0.4) is 0 Å². The molecule has 6 nitrogen and oxygen atoms in total. The van der Waals surface area contributed by atoms with Crippen molar-refractivity contribution in [3.05, 3.63) is 88.6 Å². The average Bonchev–Trinajstić information content (AvgIpc) is 2.64. The minimum absolute atomic E-state index is 0.0223. The molecule has 0 saturated carbocycles. The van der Waals surface area contributed by atoms with Gasteiger partial charge >= 0.3 is 0 Å². The van der Waals surface area contributed by atoms with Gasteiger partial charge in [-0.2, -0.15) is 0 Å². The molecule has 3 rings (SSSR count). The van der Waals surface area contributed by atoms with Crippen LogP contribution in [0.5, 0.6) is 11.5 Å². The number of amides is 1. The van der Waals surface area contributed by atoms with Gasteiger partial charge in [-0.1, -0.05) is 30.3 Å². The fourth-order valence-corrected chi connectivity index (χ4v) is 2.34. The van der Waals surface area contributed by atoms with Crippen molar-refractivity contribution < 1.29 is 9.53 Å². The van der Waals surface area contributed by atoms with Crippen LogP contribution in [0.2, 0.25) is 0 Å². The van der Waals surface area contributed by atoms with Gasteiger partial charge in [-0.05, 0) is 29.8 Å². The molecule has 0 spiro atoms. The fourth-order valence-electron chi connectivity index (χ4n) is 2.34. The summed E-state index contributed by atoms with van der Waals surface area (Å²) in [5, 5.41) is 0. The van der Waals surface area contributed by atoms with E-state index in [0.717, 1.165) is 11.3 Å². The molecule has 0 aliphatic heterocycles. The average molecular weight is 335 g/mol. The van der Waals surface area contributed by atoms with E-state index in [1.54, 1.807) is 7.05 Å². The Hall–Kier alpha value is -3.41. The predicted octanol–water partition coefficient (Wildman–Crippen LogP) is 2.83. The summed E-state index contributed by atoms with van der Waals surface area (Å²) in [7, 11) is 1.64. The van der Waals surface area contributed by atoms with Gasteiger partial charge in [0.15, 0.2) is 0 Å². The van der Waals surface area contributed by atoms with E-state index in [4.69, 9.17) is 4.74 Å². The lowest BCUT2D eigenvalue weighted by molar-refractivity contribution is 0.0783. The zero-order valence-electron chi connectivity index (χ0n) is 13.7. The van der Waals surface area contributed by atoms with E-state index in [0.29, 0.717) is 12.3 Å². The summed E-state index contributed by atoms with van der Waals surface area (Å²) >= 11 is 0. The van der Waals surface area contributed by atoms with Crippen molar-refractivity contribution in [2.75, 3.05) is 7.05 Å². The summed E-state index contributed by atoms with van der Waals surface area (Å²) in [5.74, 6) is 1.10. The molecule has 0 bridgehead atoms. The Balaban J connectivity index is 1.66. The second-order valence-corrected chi connectivity index (χ2v) is 5.51. The molecule has 0 atom stereocenters. The van der Waals surface area contributed by atoms with Crippen molar-refractivity contribution in [2.45, 2.75) is 6.54 Å². The van der Waals surface area contributed by atoms with Gasteiger partial charge in [0, 0.05) is 19.8 Å². The van der Waals surface area contributed by atoms with Gasteiger partial charge in [-0.3, -0.25) is 9.59 Å². The number of hydrogen-bond donors (Lipinski definition) is 1. The summed E-state index contributed by atoms with van der Waals surface area (Å²) in [4.78, 5) is 31.7. The summed E-state index contributed by atoms with van der Waals surface area (Å²) < 4.78 is 5.74. The summed E-state index contributed by atoms with van der Waals surface area (Å²) in [6.45, 7) is 0.374. The van der Waals surface area contributed by atoms with Crippen molar-refractivity contribution in [2.24, 2.45) is 0 Å². The maximum atomic E-state index is 12.3. The van der Waals surface area contributed by atoms with Crippen LogP contribution in [-0.2, 0) is 6.54 Å². The standard InChI is InChI=1S/C19H17N3O3/c1-22(19(24)17-11-20-13-21-18(17)23)12-14-7-9-16(10-8-14)25-15-5-3-2-4-6-15/h2-11,13H,12H2,1H3,(H,20,21,23). The van der Waals surface area contributed by atoms with E-state index in [-0.39, 0.29) is 11.5 Å². The molecule has 1 heterocycles. The first-order chi connectivity index (χ1) is 12.1. The second kappa shape index (κ2) is 7.44. The molecule has 0 aliphatic carbocycles. The van der Waals surface area contributed by atoms with E-state index in [9.17, 15) is 9.59 Å². The number of nitrogens with zero attached hydrogens (tertiary/aromatic N) is 2. The van der Waals surface area contributed by atoms with E-state index in [1.165, 1.54) is 17.4 Å². The molecule has 0 aliphatic rings. The molecular formula is C19H17N3O3. The lowest BCUT2D eigenvalue weighted by atomic mass is 10.2. The van der Waals surface area contributed by atoms with Gasteiger partial charge in [0.05, 0.1) is 6.33 Å². The van der Waals surface area contributed by atoms with Crippen molar-refractivity contribution in [3.8, 4) is 11.5 Å². The van der Waals surface area contributed by atoms with Crippen LogP contribution in [0.1, 0.15) is 15.9 Å². The monoisotopic (exact) mass is 335 g/mol. The van der Waals surface area contributed by atoms with E-state index in [1.807, 2.05) is 54.6 Å². The Labute approximate surface area is 144 Å². The van der Waals surface area contributed by atoms with Gasteiger partial charge < -0.3 is 14.6 Å². The molecule has 0 radical (unpaired) electrons. The van der Waals surface area contributed by atoms with Gasteiger partial charge in [-0.15, -0.1) is 0 Å². The number of rotatable bonds is 5. The number of para-hydroxylation sites is 1. The molecule has 0 unspecified atom stereocenters. The molecule has 0 saturated heterocycles.